The number of piperidine rings is 1. The number of amides is 2. The third kappa shape index (κ3) is 4.54. The lowest BCUT2D eigenvalue weighted by molar-refractivity contribution is -0.119. The maximum atomic E-state index is 11.3. The van der Waals surface area contributed by atoms with E-state index in [1.165, 1.54) is 6.92 Å². The van der Waals surface area contributed by atoms with Crippen molar-refractivity contribution in [2.45, 2.75) is 26.3 Å². The zero-order valence-corrected chi connectivity index (χ0v) is 12.1. The van der Waals surface area contributed by atoms with E-state index >= 15 is 0 Å². The second kappa shape index (κ2) is 7.19. The van der Waals surface area contributed by atoms with Gasteiger partial charge in [-0.25, -0.2) is 5.84 Å². The van der Waals surface area contributed by atoms with Crippen molar-refractivity contribution < 1.29 is 14.1 Å². The van der Waals surface area contributed by atoms with Crippen molar-refractivity contribution in [3.63, 3.8) is 0 Å². The topological polar surface area (TPSA) is 113 Å². The van der Waals surface area contributed by atoms with Crippen LogP contribution in [0.2, 0.25) is 0 Å². The zero-order valence-electron chi connectivity index (χ0n) is 12.1. The number of nitrogens with zero attached hydrogens (tertiary/aromatic N) is 2. The summed E-state index contributed by atoms with van der Waals surface area (Å²) in [6, 6.07) is 1.60. The first-order chi connectivity index (χ1) is 10.1. The average Bonchev–Trinajstić information content (AvgIpc) is 2.94. The van der Waals surface area contributed by atoms with Gasteiger partial charge in [-0.2, -0.15) is 0 Å². The molecule has 1 aliphatic rings. The third-order valence-corrected chi connectivity index (χ3v) is 3.65. The Morgan fingerprint density at radius 1 is 1.48 bits per heavy atom. The lowest BCUT2D eigenvalue weighted by Crippen LogP contribution is -2.37. The highest BCUT2D eigenvalue weighted by Crippen LogP contribution is 2.18. The smallest absolute Gasteiger partial charge is 0.287 e. The predicted octanol–water partition coefficient (Wildman–Crippen LogP) is -0.374. The average molecular weight is 295 g/mol. The molecule has 116 valence electrons. The lowest BCUT2D eigenvalue weighted by atomic mass is 9.96. The molecule has 8 heteroatoms. The fourth-order valence-electron chi connectivity index (χ4n) is 2.43. The Kier molecular flexibility index (Phi) is 5.29. The van der Waals surface area contributed by atoms with Gasteiger partial charge in [0.25, 0.3) is 5.91 Å². The van der Waals surface area contributed by atoms with Crippen LogP contribution < -0.4 is 16.6 Å². The van der Waals surface area contributed by atoms with E-state index in [0.717, 1.165) is 32.5 Å². The molecule has 0 aliphatic carbocycles. The van der Waals surface area contributed by atoms with Crippen LogP contribution in [-0.4, -0.2) is 41.5 Å². The van der Waals surface area contributed by atoms with E-state index in [0.29, 0.717) is 18.2 Å². The van der Waals surface area contributed by atoms with Crippen LogP contribution in [0.3, 0.4) is 0 Å². The summed E-state index contributed by atoms with van der Waals surface area (Å²) in [5.74, 6) is 5.77. The molecule has 0 atom stereocenters. The molecule has 2 rings (SSSR count). The predicted molar refractivity (Wildman–Crippen MR) is 74.8 cm³/mol. The van der Waals surface area contributed by atoms with Crippen LogP contribution >= 0.6 is 0 Å². The number of aromatic nitrogens is 1. The van der Waals surface area contributed by atoms with E-state index in [1.54, 1.807) is 6.07 Å². The van der Waals surface area contributed by atoms with E-state index in [-0.39, 0.29) is 11.6 Å². The molecule has 1 aliphatic heterocycles. The molecule has 1 aromatic rings. The molecule has 8 nitrogen and oxygen atoms in total. The summed E-state index contributed by atoms with van der Waals surface area (Å²) in [6.45, 7) is 4.77. The van der Waals surface area contributed by atoms with Crippen LogP contribution in [-0.2, 0) is 11.3 Å². The molecule has 0 aromatic carbocycles. The minimum atomic E-state index is -0.459. The van der Waals surface area contributed by atoms with Crippen molar-refractivity contribution in [1.82, 2.24) is 20.8 Å². The Bertz CT molecular complexity index is 494. The second-order valence-corrected chi connectivity index (χ2v) is 5.31. The van der Waals surface area contributed by atoms with Gasteiger partial charge in [0.05, 0.1) is 6.54 Å². The summed E-state index contributed by atoms with van der Waals surface area (Å²) in [6.07, 6.45) is 2.06. The fraction of sp³-hybridized carbons (Fsp3) is 0.615. The summed E-state index contributed by atoms with van der Waals surface area (Å²) >= 11 is 0. The number of nitrogens with one attached hydrogen (secondary N) is 2. The molecule has 0 spiro atoms. The standard InChI is InChI=1S/C13H21N5O3/c1-9(19)15-7-10-2-4-18(5-3-10)8-11-6-12(17-21-11)13(20)16-14/h6,10H,2-5,7-8,14H2,1H3,(H,15,19)(H,16,20). The molecular formula is C13H21N5O3. The monoisotopic (exact) mass is 295 g/mol. The number of hydrogen-bond acceptors (Lipinski definition) is 6. The van der Waals surface area contributed by atoms with E-state index in [9.17, 15) is 9.59 Å². The van der Waals surface area contributed by atoms with E-state index in [2.05, 4.69) is 15.4 Å². The van der Waals surface area contributed by atoms with Crippen LogP contribution in [0.5, 0.6) is 0 Å². The van der Waals surface area contributed by atoms with Gasteiger partial charge in [-0.15, -0.1) is 0 Å². The molecule has 0 unspecified atom stereocenters. The Labute approximate surface area is 123 Å². The Hall–Kier alpha value is -1.93. The first-order valence-corrected chi connectivity index (χ1v) is 7.02. The summed E-state index contributed by atoms with van der Waals surface area (Å²) in [7, 11) is 0. The molecule has 1 aromatic heterocycles. The minimum Gasteiger partial charge on any atom is -0.359 e. The van der Waals surface area contributed by atoms with E-state index < -0.39 is 5.91 Å². The molecular weight excluding hydrogens is 274 g/mol. The summed E-state index contributed by atoms with van der Waals surface area (Å²) in [5, 5.41) is 6.53. The van der Waals surface area contributed by atoms with Crippen molar-refractivity contribution in [2.75, 3.05) is 19.6 Å². The van der Waals surface area contributed by atoms with E-state index in [1.807, 2.05) is 5.43 Å². The van der Waals surface area contributed by atoms with Crippen LogP contribution in [0.15, 0.2) is 10.6 Å². The van der Waals surface area contributed by atoms with Gasteiger partial charge >= 0.3 is 0 Å². The first-order valence-electron chi connectivity index (χ1n) is 7.02. The molecule has 4 N–H and O–H groups in total. The summed E-state index contributed by atoms with van der Waals surface area (Å²) < 4.78 is 5.13. The molecule has 1 fully saturated rings. The molecule has 21 heavy (non-hydrogen) atoms. The van der Waals surface area contributed by atoms with Gasteiger partial charge < -0.3 is 9.84 Å². The number of rotatable bonds is 5. The number of carbonyl (C=O) groups is 2. The van der Waals surface area contributed by atoms with Crippen LogP contribution in [0.25, 0.3) is 0 Å². The number of carbonyl (C=O) groups excluding carboxylic acids is 2. The number of hydrazine groups is 1. The van der Waals surface area contributed by atoms with E-state index in [4.69, 9.17) is 10.4 Å². The van der Waals surface area contributed by atoms with Crippen molar-refractivity contribution in [1.29, 1.82) is 0 Å². The van der Waals surface area contributed by atoms with Crippen molar-refractivity contribution in [3.05, 3.63) is 17.5 Å². The highest BCUT2D eigenvalue weighted by atomic mass is 16.5. The van der Waals surface area contributed by atoms with Gasteiger partial charge in [-0.1, -0.05) is 5.16 Å². The summed E-state index contributed by atoms with van der Waals surface area (Å²) in [5.41, 5.74) is 2.21. The molecule has 0 bridgehead atoms. The summed E-state index contributed by atoms with van der Waals surface area (Å²) in [4.78, 5) is 24.4. The van der Waals surface area contributed by atoms with Gasteiger partial charge in [0.2, 0.25) is 5.91 Å². The van der Waals surface area contributed by atoms with Crippen molar-refractivity contribution in [2.24, 2.45) is 11.8 Å². The van der Waals surface area contributed by atoms with Crippen LogP contribution in [0, 0.1) is 5.92 Å². The maximum Gasteiger partial charge on any atom is 0.287 e. The molecule has 2 amide bonds. The van der Waals surface area contributed by atoms with Crippen molar-refractivity contribution >= 4 is 11.8 Å². The van der Waals surface area contributed by atoms with Gasteiger partial charge in [-0.3, -0.25) is 19.9 Å². The zero-order chi connectivity index (χ0) is 15.2. The Morgan fingerprint density at radius 2 is 2.19 bits per heavy atom. The lowest BCUT2D eigenvalue weighted by Gasteiger charge is -2.31. The Morgan fingerprint density at radius 3 is 2.81 bits per heavy atom. The highest BCUT2D eigenvalue weighted by molar-refractivity contribution is 5.91. The third-order valence-electron chi connectivity index (χ3n) is 3.65. The van der Waals surface area contributed by atoms with Gasteiger partial charge in [0.1, 0.15) is 0 Å². The largest absolute Gasteiger partial charge is 0.359 e. The first kappa shape index (κ1) is 15.5. The Balaban J connectivity index is 1.77. The number of nitrogens with two attached hydrogens (primary N) is 1. The van der Waals surface area contributed by atoms with Crippen LogP contribution in [0.1, 0.15) is 36.0 Å². The van der Waals surface area contributed by atoms with Gasteiger partial charge in [-0.05, 0) is 31.8 Å². The maximum absolute atomic E-state index is 11.3. The number of hydrogen-bond donors (Lipinski definition) is 3. The number of nitrogen functional groups attached to an aromatic ring is 1. The highest BCUT2D eigenvalue weighted by Gasteiger charge is 2.21. The minimum absolute atomic E-state index is 0.0183. The van der Waals surface area contributed by atoms with Gasteiger partial charge in [0, 0.05) is 19.5 Å². The molecule has 0 radical (unpaired) electrons. The number of likely N-dealkylation sites (tertiary alicyclic amines) is 1. The van der Waals surface area contributed by atoms with Gasteiger partial charge in [0.15, 0.2) is 11.5 Å². The molecule has 2 heterocycles. The quantitative estimate of drug-likeness (QED) is 0.388. The normalized spacial score (nSPS) is 16.7. The second-order valence-electron chi connectivity index (χ2n) is 5.31. The van der Waals surface area contributed by atoms with Crippen molar-refractivity contribution in [3.8, 4) is 0 Å². The molecule has 0 saturated carbocycles. The van der Waals surface area contributed by atoms with Crippen LogP contribution in [0.4, 0.5) is 0 Å². The molecule has 1 saturated heterocycles. The SMILES string of the molecule is CC(=O)NCC1CCN(Cc2cc(C(=O)NN)no2)CC1. The fourth-order valence-corrected chi connectivity index (χ4v) is 2.43.